The van der Waals surface area contributed by atoms with E-state index in [1.165, 1.54) is 12.1 Å². The highest BCUT2D eigenvalue weighted by atomic mass is 15.3. The molecule has 0 saturated heterocycles. The molecule has 2 atom stereocenters. The number of hydrogen-bond donors (Lipinski definition) is 1. The first-order chi connectivity index (χ1) is 9.45. The van der Waals surface area contributed by atoms with Crippen LogP contribution in [0.4, 0.5) is 0 Å². The average Bonchev–Trinajstić information content (AvgIpc) is 2.83. The van der Waals surface area contributed by atoms with Crippen LogP contribution in [0.3, 0.4) is 0 Å². The van der Waals surface area contributed by atoms with Crippen molar-refractivity contribution in [1.82, 2.24) is 20.0 Å². The standard InChI is InChI=1S/C16H32N4/c1-7-12-17-15(16(3,8-2)19(4)5)10-9-14-11-13-18-20(14)6/h11,13,15,17H,7-10,12H2,1-6H3. The Morgan fingerprint density at radius 2 is 2.10 bits per heavy atom. The lowest BCUT2D eigenvalue weighted by molar-refractivity contribution is 0.108. The van der Waals surface area contributed by atoms with Gasteiger partial charge in [0.1, 0.15) is 0 Å². The molecule has 0 spiro atoms. The lowest BCUT2D eigenvalue weighted by atomic mass is 9.84. The quantitative estimate of drug-likeness (QED) is 0.754. The summed E-state index contributed by atoms with van der Waals surface area (Å²) >= 11 is 0. The first-order valence-corrected chi connectivity index (χ1v) is 7.83. The minimum Gasteiger partial charge on any atom is -0.312 e. The smallest absolute Gasteiger partial charge is 0.0492 e. The zero-order valence-electron chi connectivity index (χ0n) is 14.1. The first-order valence-electron chi connectivity index (χ1n) is 7.83. The van der Waals surface area contributed by atoms with Crippen LogP contribution in [0.1, 0.15) is 45.7 Å². The summed E-state index contributed by atoms with van der Waals surface area (Å²) in [5.41, 5.74) is 1.50. The van der Waals surface area contributed by atoms with Gasteiger partial charge in [0, 0.05) is 30.5 Å². The maximum Gasteiger partial charge on any atom is 0.0492 e. The molecule has 20 heavy (non-hydrogen) atoms. The Hall–Kier alpha value is -0.870. The second-order valence-electron chi connectivity index (χ2n) is 6.10. The summed E-state index contributed by atoms with van der Waals surface area (Å²) in [5, 5.41) is 8.01. The average molecular weight is 280 g/mol. The Balaban J connectivity index is 2.75. The van der Waals surface area contributed by atoms with E-state index in [1.807, 2.05) is 17.9 Å². The summed E-state index contributed by atoms with van der Waals surface area (Å²) in [4.78, 5) is 2.36. The van der Waals surface area contributed by atoms with Crippen LogP contribution < -0.4 is 5.32 Å². The van der Waals surface area contributed by atoms with Crippen molar-refractivity contribution in [3.05, 3.63) is 18.0 Å². The molecule has 4 nitrogen and oxygen atoms in total. The van der Waals surface area contributed by atoms with Gasteiger partial charge in [-0.3, -0.25) is 4.68 Å². The molecule has 1 aromatic rings. The summed E-state index contributed by atoms with van der Waals surface area (Å²) in [6, 6.07) is 2.62. The van der Waals surface area contributed by atoms with Gasteiger partial charge in [-0.15, -0.1) is 0 Å². The van der Waals surface area contributed by atoms with E-state index in [2.05, 4.69) is 56.2 Å². The van der Waals surface area contributed by atoms with E-state index in [4.69, 9.17) is 0 Å². The number of aryl methyl sites for hydroxylation is 2. The van der Waals surface area contributed by atoms with E-state index in [0.717, 1.165) is 25.8 Å². The molecule has 0 aliphatic heterocycles. The Bertz CT molecular complexity index is 386. The predicted octanol–water partition coefficient (Wildman–Crippen LogP) is 2.45. The Kier molecular flexibility index (Phi) is 6.69. The summed E-state index contributed by atoms with van der Waals surface area (Å²) < 4.78 is 1.98. The van der Waals surface area contributed by atoms with E-state index in [9.17, 15) is 0 Å². The fourth-order valence-electron chi connectivity index (χ4n) is 2.76. The Morgan fingerprint density at radius 3 is 2.55 bits per heavy atom. The molecule has 0 bridgehead atoms. The largest absolute Gasteiger partial charge is 0.312 e. The fraction of sp³-hybridized carbons (Fsp3) is 0.812. The van der Waals surface area contributed by atoms with Gasteiger partial charge in [0.15, 0.2) is 0 Å². The van der Waals surface area contributed by atoms with Gasteiger partial charge < -0.3 is 10.2 Å². The molecule has 0 aliphatic carbocycles. The molecule has 0 aromatic carbocycles. The number of rotatable bonds is 9. The third kappa shape index (κ3) is 4.06. The predicted molar refractivity (Wildman–Crippen MR) is 86.0 cm³/mol. The van der Waals surface area contributed by atoms with Gasteiger partial charge in [0.05, 0.1) is 0 Å². The van der Waals surface area contributed by atoms with Crippen LogP contribution in [0.2, 0.25) is 0 Å². The molecule has 1 heterocycles. The number of hydrogen-bond acceptors (Lipinski definition) is 3. The van der Waals surface area contributed by atoms with Crippen molar-refractivity contribution >= 4 is 0 Å². The SMILES string of the molecule is CCCNC(CCc1ccnn1C)C(C)(CC)N(C)C. The second-order valence-corrected chi connectivity index (χ2v) is 6.10. The van der Waals surface area contributed by atoms with Crippen molar-refractivity contribution in [2.75, 3.05) is 20.6 Å². The van der Waals surface area contributed by atoms with E-state index in [0.29, 0.717) is 6.04 Å². The van der Waals surface area contributed by atoms with Crippen LogP contribution in [0, 0.1) is 0 Å². The van der Waals surface area contributed by atoms with Gasteiger partial charge in [-0.05, 0) is 59.3 Å². The van der Waals surface area contributed by atoms with Crippen LogP contribution in [-0.2, 0) is 13.5 Å². The highest BCUT2D eigenvalue weighted by Crippen LogP contribution is 2.24. The second kappa shape index (κ2) is 7.79. The summed E-state index contributed by atoms with van der Waals surface area (Å²) in [7, 11) is 6.40. The van der Waals surface area contributed by atoms with Crippen LogP contribution in [0.5, 0.6) is 0 Å². The Labute approximate surface area is 124 Å². The topological polar surface area (TPSA) is 33.1 Å². The van der Waals surface area contributed by atoms with Crippen LogP contribution >= 0.6 is 0 Å². The molecule has 0 fully saturated rings. The number of aromatic nitrogens is 2. The molecule has 116 valence electrons. The van der Waals surface area contributed by atoms with Crippen molar-refractivity contribution in [2.45, 2.75) is 58.0 Å². The monoisotopic (exact) mass is 280 g/mol. The lowest BCUT2D eigenvalue weighted by Crippen LogP contribution is -2.57. The molecule has 1 rings (SSSR count). The number of nitrogens with zero attached hydrogens (tertiary/aromatic N) is 3. The fourth-order valence-corrected chi connectivity index (χ4v) is 2.76. The third-order valence-corrected chi connectivity index (χ3v) is 4.74. The number of likely N-dealkylation sites (N-methyl/N-ethyl adjacent to an activating group) is 1. The van der Waals surface area contributed by atoms with Gasteiger partial charge in [-0.1, -0.05) is 13.8 Å². The van der Waals surface area contributed by atoms with Gasteiger partial charge in [-0.2, -0.15) is 5.10 Å². The van der Waals surface area contributed by atoms with E-state index < -0.39 is 0 Å². The molecule has 2 unspecified atom stereocenters. The molecule has 0 aliphatic rings. The zero-order chi connectivity index (χ0) is 15.2. The molecule has 0 radical (unpaired) electrons. The molecular formula is C16H32N4. The van der Waals surface area contributed by atoms with Crippen molar-refractivity contribution < 1.29 is 0 Å². The molecule has 4 heteroatoms. The molecule has 0 amide bonds. The Morgan fingerprint density at radius 1 is 1.40 bits per heavy atom. The van der Waals surface area contributed by atoms with Crippen molar-refractivity contribution in [1.29, 1.82) is 0 Å². The summed E-state index contributed by atoms with van der Waals surface area (Å²) in [6.45, 7) is 7.96. The minimum absolute atomic E-state index is 0.188. The summed E-state index contributed by atoms with van der Waals surface area (Å²) in [6.07, 6.45) is 6.42. The van der Waals surface area contributed by atoms with Crippen LogP contribution in [0.15, 0.2) is 12.3 Å². The van der Waals surface area contributed by atoms with E-state index >= 15 is 0 Å². The van der Waals surface area contributed by atoms with Gasteiger partial charge in [0.2, 0.25) is 0 Å². The molecule has 0 saturated carbocycles. The van der Waals surface area contributed by atoms with Gasteiger partial charge in [0.25, 0.3) is 0 Å². The maximum absolute atomic E-state index is 4.26. The molecule has 1 aromatic heterocycles. The number of nitrogens with one attached hydrogen (secondary N) is 1. The zero-order valence-corrected chi connectivity index (χ0v) is 14.1. The minimum atomic E-state index is 0.188. The van der Waals surface area contributed by atoms with Gasteiger partial charge >= 0.3 is 0 Å². The first kappa shape index (κ1) is 17.2. The van der Waals surface area contributed by atoms with Crippen molar-refractivity contribution in [3.8, 4) is 0 Å². The summed E-state index contributed by atoms with van der Waals surface area (Å²) in [5.74, 6) is 0. The van der Waals surface area contributed by atoms with E-state index in [-0.39, 0.29) is 5.54 Å². The van der Waals surface area contributed by atoms with Crippen molar-refractivity contribution in [2.24, 2.45) is 7.05 Å². The molecular weight excluding hydrogens is 248 g/mol. The normalized spacial score (nSPS) is 16.4. The van der Waals surface area contributed by atoms with Crippen molar-refractivity contribution in [3.63, 3.8) is 0 Å². The van der Waals surface area contributed by atoms with E-state index in [1.54, 1.807) is 0 Å². The third-order valence-electron chi connectivity index (χ3n) is 4.74. The van der Waals surface area contributed by atoms with Crippen LogP contribution in [0.25, 0.3) is 0 Å². The van der Waals surface area contributed by atoms with Crippen LogP contribution in [-0.4, -0.2) is 46.9 Å². The highest BCUT2D eigenvalue weighted by Gasteiger charge is 2.34. The highest BCUT2D eigenvalue weighted by molar-refractivity contribution is 5.03. The lowest BCUT2D eigenvalue weighted by Gasteiger charge is -2.43. The molecule has 1 N–H and O–H groups in total. The van der Waals surface area contributed by atoms with Gasteiger partial charge in [-0.25, -0.2) is 0 Å². The maximum atomic E-state index is 4.26.